The van der Waals surface area contributed by atoms with Crippen molar-refractivity contribution in [2.75, 3.05) is 13.7 Å². The lowest BCUT2D eigenvalue weighted by molar-refractivity contribution is -0.148. The monoisotopic (exact) mass is 425 g/mol. The first kappa shape index (κ1) is 20.5. The lowest BCUT2D eigenvalue weighted by Crippen LogP contribution is -2.62. The standard InChI is InChI=1S/C24H31N3O4/c1-31-22(29)20-9-18-4-2-3-5-19(18)13-27(20)14-21(28)25-23(30)26-24-10-15-6-16(11-24)8-17(7-15)12-24/h2-5,15-17,20H,6-14H2,1H3,(H2,25,26,28,30)/t15?,16?,17?,20-,24?/m0/s1. The molecule has 1 aliphatic heterocycles. The predicted octanol–water partition coefficient (Wildman–Crippen LogP) is 2.38. The fourth-order valence-electron chi connectivity index (χ4n) is 7.00. The summed E-state index contributed by atoms with van der Waals surface area (Å²) in [7, 11) is 1.36. The number of ether oxygens (including phenoxy) is 1. The number of esters is 1. The summed E-state index contributed by atoms with van der Waals surface area (Å²) >= 11 is 0. The molecule has 7 nitrogen and oxygen atoms in total. The number of carbonyl (C=O) groups excluding carboxylic acids is 3. The van der Waals surface area contributed by atoms with Gasteiger partial charge in [-0.2, -0.15) is 0 Å². The Morgan fingerprint density at radius 3 is 2.26 bits per heavy atom. The highest BCUT2D eigenvalue weighted by molar-refractivity contribution is 5.95. The molecule has 3 amide bonds. The van der Waals surface area contributed by atoms with Crippen LogP contribution in [-0.4, -0.2) is 48.0 Å². The van der Waals surface area contributed by atoms with Gasteiger partial charge in [-0.25, -0.2) is 4.79 Å². The summed E-state index contributed by atoms with van der Waals surface area (Å²) in [5.74, 6) is 1.40. The summed E-state index contributed by atoms with van der Waals surface area (Å²) in [5.41, 5.74) is 2.04. The Morgan fingerprint density at radius 1 is 1.03 bits per heavy atom. The van der Waals surface area contributed by atoms with Crippen LogP contribution in [0.15, 0.2) is 24.3 Å². The second-order valence-corrected chi connectivity index (χ2v) is 10.1. The van der Waals surface area contributed by atoms with Gasteiger partial charge in [0.25, 0.3) is 0 Å². The molecule has 31 heavy (non-hydrogen) atoms. The molecule has 0 spiro atoms. The minimum Gasteiger partial charge on any atom is -0.468 e. The van der Waals surface area contributed by atoms with Crippen LogP contribution in [0.5, 0.6) is 0 Å². The van der Waals surface area contributed by atoms with E-state index in [1.807, 2.05) is 24.3 Å². The molecule has 4 saturated carbocycles. The molecule has 7 heteroatoms. The lowest BCUT2D eigenvalue weighted by Gasteiger charge is -2.56. The number of urea groups is 1. The van der Waals surface area contributed by atoms with E-state index in [-0.39, 0.29) is 18.1 Å². The van der Waals surface area contributed by atoms with Crippen LogP contribution >= 0.6 is 0 Å². The van der Waals surface area contributed by atoms with Crippen molar-refractivity contribution >= 4 is 17.9 Å². The zero-order valence-corrected chi connectivity index (χ0v) is 18.1. The van der Waals surface area contributed by atoms with E-state index >= 15 is 0 Å². The van der Waals surface area contributed by atoms with Gasteiger partial charge in [-0.3, -0.25) is 19.8 Å². The van der Waals surface area contributed by atoms with Gasteiger partial charge < -0.3 is 10.1 Å². The molecule has 0 saturated heterocycles. The van der Waals surface area contributed by atoms with Crippen LogP contribution in [0.3, 0.4) is 0 Å². The number of benzene rings is 1. The number of hydrogen-bond acceptors (Lipinski definition) is 5. The van der Waals surface area contributed by atoms with Gasteiger partial charge in [0.15, 0.2) is 0 Å². The first-order valence-corrected chi connectivity index (χ1v) is 11.4. The molecule has 2 N–H and O–H groups in total. The van der Waals surface area contributed by atoms with E-state index < -0.39 is 18.0 Å². The minimum absolute atomic E-state index is 0.0254. The SMILES string of the molecule is COC(=O)[C@@H]1Cc2ccccc2CN1CC(=O)NC(=O)NC12CC3CC(CC(C3)C1)C2. The van der Waals surface area contributed by atoms with Crippen molar-refractivity contribution in [3.05, 3.63) is 35.4 Å². The van der Waals surface area contributed by atoms with Gasteiger partial charge in [-0.1, -0.05) is 24.3 Å². The molecule has 6 rings (SSSR count). The molecule has 4 fully saturated rings. The lowest BCUT2D eigenvalue weighted by atomic mass is 9.53. The van der Waals surface area contributed by atoms with Gasteiger partial charge in [-0.05, 0) is 73.8 Å². The topological polar surface area (TPSA) is 87.7 Å². The Bertz CT molecular complexity index is 863. The highest BCUT2D eigenvalue weighted by Gasteiger charge is 2.51. The van der Waals surface area contributed by atoms with E-state index in [1.165, 1.54) is 26.4 Å². The van der Waals surface area contributed by atoms with Gasteiger partial charge in [0.2, 0.25) is 5.91 Å². The number of carbonyl (C=O) groups is 3. The molecule has 1 aromatic rings. The summed E-state index contributed by atoms with van der Waals surface area (Å²) in [6.45, 7) is 0.447. The molecule has 166 valence electrons. The number of nitrogens with zero attached hydrogens (tertiary/aromatic N) is 1. The largest absolute Gasteiger partial charge is 0.468 e. The fraction of sp³-hybridized carbons (Fsp3) is 0.625. The molecule has 0 radical (unpaired) electrons. The summed E-state index contributed by atoms with van der Waals surface area (Å²) in [6, 6.07) is 6.98. The maximum Gasteiger partial charge on any atom is 0.323 e. The van der Waals surface area contributed by atoms with Crippen molar-refractivity contribution in [2.45, 2.75) is 63.1 Å². The number of rotatable bonds is 4. The van der Waals surface area contributed by atoms with E-state index in [2.05, 4.69) is 10.6 Å². The third-order valence-corrected chi connectivity index (χ3v) is 7.84. The molecule has 1 aromatic carbocycles. The summed E-state index contributed by atoms with van der Waals surface area (Å²) in [5, 5.41) is 5.69. The average Bonchev–Trinajstić information content (AvgIpc) is 2.71. The number of fused-ring (bicyclic) bond motifs is 1. The Morgan fingerprint density at radius 2 is 1.65 bits per heavy atom. The normalized spacial score (nSPS) is 33.5. The Labute approximate surface area is 182 Å². The molecule has 1 heterocycles. The van der Waals surface area contributed by atoms with Gasteiger partial charge >= 0.3 is 12.0 Å². The first-order chi connectivity index (χ1) is 14.9. The second kappa shape index (κ2) is 7.93. The molecule has 0 aromatic heterocycles. The second-order valence-electron chi connectivity index (χ2n) is 10.1. The smallest absolute Gasteiger partial charge is 0.323 e. The quantitative estimate of drug-likeness (QED) is 0.724. The average molecular weight is 426 g/mol. The van der Waals surface area contributed by atoms with Crippen molar-refractivity contribution in [2.24, 2.45) is 17.8 Å². The number of hydrogen-bond donors (Lipinski definition) is 2. The molecule has 1 atom stereocenters. The van der Waals surface area contributed by atoms with Crippen LogP contribution in [0.2, 0.25) is 0 Å². The van der Waals surface area contributed by atoms with Gasteiger partial charge in [0.1, 0.15) is 6.04 Å². The Kier molecular flexibility index (Phi) is 5.24. The first-order valence-electron chi connectivity index (χ1n) is 11.4. The van der Waals surface area contributed by atoms with E-state index in [0.717, 1.165) is 48.1 Å². The molecule has 5 aliphatic rings. The van der Waals surface area contributed by atoms with Crippen LogP contribution in [0.1, 0.15) is 49.7 Å². The van der Waals surface area contributed by atoms with E-state index in [9.17, 15) is 14.4 Å². The fourth-order valence-corrected chi connectivity index (χ4v) is 7.00. The van der Waals surface area contributed by atoms with Crippen molar-refractivity contribution in [3.8, 4) is 0 Å². The number of imide groups is 1. The van der Waals surface area contributed by atoms with Crippen LogP contribution in [0.4, 0.5) is 4.79 Å². The highest BCUT2D eigenvalue weighted by Crippen LogP contribution is 2.55. The van der Waals surface area contributed by atoms with Gasteiger partial charge in [0.05, 0.1) is 13.7 Å². The van der Waals surface area contributed by atoms with Gasteiger partial charge in [-0.15, -0.1) is 0 Å². The van der Waals surface area contributed by atoms with Crippen LogP contribution in [0.25, 0.3) is 0 Å². The van der Waals surface area contributed by atoms with Crippen molar-refractivity contribution in [3.63, 3.8) is 0 Å². The molecule has 4 bridgehead atoms. The van der Waals surface area contributed by atoms with E-state index in [0.29, 0.717) is 13.0 Å². The zero-order valence-electron chi connectivity index (χ0n) is 18.1. The van der Waals surface area contributed by atoms with Crippen LogP contribution < -0.4 is 10.6 Å². The molecule has 0 unspecified atom stereocenters. The predicted molar refractivity (Wildman–Crippen MR) is 114 cm³/mol. The summed E-state index contributed by atoms with van der Waals surface area (Å²) in [4.78, 5) is 39.5. The zero-order chi connectivity index (χ0) is 21.6. The third-order valence-electron chi connectivity index (χ3n) is 7.84. The highest BCUT2D eigenvalue weighted by atomic mass is 16.5. The molecule has 4 aliphatic carbocycles. The number of methoxy groups -OCH3 is 1. The number of amides is 3. The minimum atomic E-state index is -0.531. The van der Waals surface area contributed by atoms with Crippen LogP contribution in [0, 0.1) is 17.8 Å². The Balaban J connectivity index is 1.21. The van der Waals surface area contributed by atoms with E-state index in [4.69, 9.17) is 4.74 Å². The molecular weight excluding hydrogens is 394 g/mol. The summed E-state index contributed by atoms with van der Waals surface area (Å²) < 4.78 is 4.96. The molecular formula is C24H31N3O4. The third kappa shape index (κ3) is 4.07. The van der Waals surface area contributed by atoms with E-state index in [1.54, 1.807) is 4.90 Å². The maximum atomic E-state index is 12.7. The summed E-state index contributed by atoms with van der Waals surface area (Å²) in [6.07, 6.45) is 7.50. The van der Waals surface area contributed by atoms with Crippen molar-refractivity contribution < 1.29 is 19.1 Å². The van der Waals surface area contributed by atoms with Crippen molar-refractivity contribution in [1.82, 2.24) is 15.5 Å². The van der Waals surface area contributed by atoms with Crippen LogP contribution in [-0.2, 0) is 27.3 Å². The van der Waals surface area contributed by atoms with Gasteiger partial charge in [0, 0.05) is 12.1 Å². The number of nitrogens with one attached hydrogen (secondary N) is 2. The maximum absolute atomic E-state index is 12.7. The van der Waals surface area contributed by atoms with Crippen molar-refractivity contribution in [1.29, 1.82) is 0 Å². The Hall–Kier alpha value is -2.41.